The molecule has 0 saturated heterocycles. The zero-order chi connectivity index (χ0) is 21.0. The lowest BCUT2D eigenvalue weighted by molar-refractivity contribution is 0.772. The highest BCUT2D eigenvalue weighted by molar-refractivity contribution is 5.76. The molecule has 2 atom stereocenters. The number of benzene rings is 1. The number of hydrogen-bond acceptors (Lipinski definition) is 6. The van der Waals surface area contributed by atoms with Crippen LogP contribution in [0.15, 0.2) is 30.3 Å². The van der Waals surface area contributed by atoms with Crippen molar-refractivity contribution in [1.29, 1.82) is 0 Å². The fraction of sp³-hybridized carbons (Fsp3) is 0.409. The largest absolute Gasteiger partial charge is 0.352 e. The first-order valence-corrected chi connectivity index (χ1v) is 10.4. The number of imidazole rings is 1. The van der Waals surface area contributed by atoms with E-state index in [4.69, 9.17) is 15.0 Å². The molecule has 8 heteroatoms. The molecule has 1 saturated carbocycles. The Bertz CT molecular complexity index is 1240. The molecule has 5 rings (SSSR count). The van der Waals surface area contributed by atoms with Crippen LogP contribution in [0.5, 0.6) is 0 Å². The maximum atomic E-state index is 4.90. The molecule has 0 bridgehead atoms. The Morgan fingerprint density at radius 1 is 1.03 bits per heavy atom. The van der Waals surface area contributed by atoms with Crippen molar-refractivity contribution in [2.45, 2.75) is 52.0 Å². The first-order valence-electron chi connectivity index (χ1n) is 10.4. The van der Waals surface area contributed by atoms with Crippen molar-refractivity contribution in [3.05, 3.63) is 53.5 Å². The lowest BCUT2D eigenvalue weighted by Gasteiger charge is -2.12. The number of nitrogens with one attached hydrogen (secondary N) is 1. The Kier molecular flexibility index (Phi) is 4.30. The maximum absolute atomic E-state index is 4.90. The summed E-state index contributed by atoms with van der Waals surface area (Å²) in [5, 5.41) is 7.86. The molecule has 3 aromatic heterocycles. The van der Waals surface area contributed by atoms with Gasteiger partial charge in [-0.25, -0.2) is 15.0 Å². The first kappa shape index (κ1) is 18.7. The van der Waals surface area contributed by atoms with Crippen molar-refractivity contribution in [1.82, 2.24) is 34.3 Å². The van der Waals surface area contributed by atoms with Crippen molar-refractivity contribution < 1.29 is 0 Å². The van der Waals surface area contributed by atoms with Crippen molar-refractivity contribution >= 4 is 17.0 Å². The van der Waals surface area contributed by atoms with Gasteiger partial charge in [-0.1, -0.05) is 12.1 Å². The maximum Gasteiger partial charge on any atom is 0.225 e. The van der Waals surface area contributed by atoms with Crippen molar-refractivity contribution in [2.24, 2.45) is 7.05 Å². The van der Waals surface area contributed by atoms with Gasteiger partial charge in [0.15, 0.2) is 5.82 Å². The van der Waals surface area contributed by atoms with E-state index in [1.54, 1.807) is 4.68 Å². The van der Waals surface area contributed by atoms with Crippen LogP contribution in [0, 0.1) is 13.8 Å². The lowest BCUT2D eigenvalue weighted by atomic mass is 10.2. The van der Waals surface area contributed by atoms with Crippen LogP contribution in [0.25, 0.3) is 16.9 Å². The summed E-state index contributed by atoms with van der Waals surface area (Å²) in [5.41, 5.74) is 3.23. The number of fused-ring (bicyclic) bond motifs is 1. The Labute approximate surface area is 175 Å². The molecule has 8 nitrogen and oxygen atoms in total. The zero-order valence-electron chi connectivity index (χ0n) is 18.0. The number of nitrogens with zero attached hydrogens (tertiary/aromatic N) is 7. The minimum Gasteiger partial charge on any atom is -0.352 e. The van der Waals surface area contributed by atoms with Gasteiger partial charge in [-0.3, -0.25) is 0 Å². The zero-order valence-corrected chi connectivity index (χ0v) is 18.0. The summed E-state index contributed by atoms with van der Waals surface area (Å²) in [7, 11) is 2.10. The van der Waals surface area contributed by atoms with Crippen LogP contribution in [-0.2, 0) is 7.05 Å². The van der Waals surface area contributed by atoms with Gasteiger partial charge in [-0.05, 0) is 46.2 Å². The van der Waals surface area contributed by atoms with Crippen LogP contribution in [0.2, 0.25) is 0 Å². The quantitative estimate of drug-likeness (QED) is 0.548. The summed E-state index contributed by atoms with van der Waals surface area (Å²) in [5.74, 6) is 4.71. The number of anilines is 1. The van der Waals surface area contributed by atoms with Crippen molar-refractivity contribution in [3.63, 3.8) is 0 Å². The SMILES string of the molecule is Cc1nc(C)n(-c2cc(C3C[C@@H]3c3nc4ccccc4n3C)nc(NC(C)C)n2)n1. The van der Waals surface area contributed by atoms with Gasteiger partial charge in [-0.15, -0.1) is 5.10 Å². The summed E-state index contributed by atoms with van der Waals surface area (Å²) in [6, 6.07) is 10.6. The van der Waals surface area contributed by atoms with Crippen LogP contribution in [0.1, 0.15) is 55.3 Å². The van der Waals surface area contributed by atoms with E-state index in [0.717, 1.165) is 46.4 Å². The number of para-hydroxylation sites is 2. The highest BCUT2D eigenvalue weighted by Gasteiger charge is 2.44. The summed E-state index contributed by atoms with van der Waals surface area (Å²) < 4.78 is 4.00. The Hall–Kier alpha value is -3.29. The molecule has 3 heterocycles. The van der Waals surface area contributed by atoms with Crippen molar-refractivity contribution in [3.8, 4) is 5.82 Å². The fourth-order valence-electron chi connectivity index (χ4n) is 4.11. The molecule has 1 unspecified atom stereocenters. The van der Waals surface area contributed by atoms with Crippen LogP contribution in [-0.4, -0.2) is 40.3 Å². The standard InChI is InChI=1S/C22H26N8/c1-12(2)23-22-26-18(11-20(27-22)30-14(4)24-13(3)28-30)15-10-16(15)21-25-17-8-6-7-9-19(17)29(21)5/h6-9,11-12,15-16H,10H2,1-5H3,(H,23,26,27)/t15?,16-/m0/s1. The minimum absolute atomic E-state index is 0.238. The van der Waals surface area contributed by atoms with Crippen LogP contribution in [0.4, 0.5) is 5.95 Å². The predicted molar refractivity (Wildman–Crippen MR) is 116 cm³/mol. The molecular formula is C22H26N8. The smallest absolute Gasteiger partial charge is 0.225 e. The van der Waals surface area contributed by atoms with Gasteiger partial charge in [0.05, 0.1) is 16.7 Å². The van der Waals surface area contributed by atoms with Crippen LogP contribution < -0.4 is 5.32 Å². The third-order valence-electron chi connectivity index (χ3n) is 5.57. The Morgan fingerprint density at radius 2 is 1.83 bits per heavy atom. The normalized spacial score (nSPS) is 18.3. The number of aryl methyl sites for hydroxylation is 3. The number of rotatable bonds is 5. The first-order chi connectivity index (χ1) is 14.4. The van der Waals surface area contributed by atoms with Gasteiger partial charge < -0.3 is 9.88 Å². The summed E-state index contributed by atoms with van der Waals surface area (Å²) in [6.45, 7) is 8.00. The predicted octanol–water partition coefficient (Wildman–Crippen LogP) is 3.65. The van der Waals surface area contributed by atoms with E-state index >= 15 is 0 Å². The van der Waals surface area contributed by atoms with Crippen LogP contribution in [0.3, 0.4) is 0 Å². The van der Waals surface area contributed by atoms with E-state index in [1.807, 2.05) is 26.0 Å². The highest BCUT2D eigenvalue weighted by Crippen LogP contribution is 2.54. The van der Waals surface area contributed by atoms with E-state index in [-0.39, 0.29) is 6.04 Å². The molecule has 1 N–H and O–H groups in total. The average molecular weight is 403 g/mol. The van der Waals surface area contributed by atoms with Gasteiger partial charge >= 0.3 is 0 Å². The molecule has 154 valence electrons. The molecule has 4 aromatic rings. The highest BCUT2D eigenvalue weighted by atomic mass is 15.4. The van der Waals surface area contributed by atoms with Gasteiger partial charge in [-0.2, -0.15) is 9.67 Å². The fourth-order valence-corrected chi connectivity index (χ4v) is 4.11. The van der Waals surface area contributed by atoms with E-state index in [1.165, 1.54) is 0 Å². The monoisotopic (exact) mass is 402 g/mol. The van der Waals surface area contributed by atoms with E-state index in [0.29, 0.717) is 17.8 Å². The molecular weight excluding hydrogens is 376 g/mol. The molecule has 1 aliphatic carbocycles. The Morgan fingerprint density at radius 3 is 2.53 bits per heavy atom. The number of aromatic nitrogens is 7. The van der Waals surface area contributed by atoms with E-state index in [2.05, 4.69) is 59.1 Å². The molecule has 0 amide bonds. The molecule has 0 aliphatic heterocycles. The number of hydrogen-bond donors (Lipinski definition) is 1. The molecule has 0 spiro atoms. The second-order valence-electron chi connectivity index (χ2n) is 8.36. The summed E-state index contributed by atoms with van der Waals surface area (Å²) >= 11 is 0. The van der Waals surface area contributed by atoms with Gasteiger partial charge in [0.25, 0.3) is 0 Å². The van der Waals surface area contributed by atoms with Gasteiger partial charge in [0.2, 0.25) is 5.95 Å². The molecule has 0 radical (unpaired) electrons. The summed E-state index contributed by atoms with van der Waals surface area (Å²) in [4.78, 5) is 18.9. The average Bonchev–Trinajstić information content (AvgIpc) is 3.32. The second-order valence-corrected chi connectivity index (χ2v) is 8.36. The molecule has 1 aliphatic rings. The molecule has 1 fully saturated rings. The third-order valence-corrected chi connectivity index (χ3v) is 5.57. The third kappa shape index (κ3) is 3.22. The lowest BCUT2D eigenvalue weighted by Crippen LogP contribution is -2.15. The van der Waals surface area contributed by atoms with Gasteiger partial charge in [0, 0.05) is 31.0 Å². The molecule has 1 aromatic carbocycles. The van der Waals surface area contributed by atoms with Crippen molar-refractivity contribution in [2.75, 3.05) is 5.32 Å². The second kappa shape index (κ2) is 6.90. The van der Waals surface area contributed by atoms with Gasteiger partial charge in [0.1, 0.15) is 17.5 Å². The van der Waals surface area contributed by atoms with E-state index in [9.17, 15) is 0 Å². The topological polar surface area (TPSA) is 86.3 Å². The van der Waals surface area contributed by atoms with Crippen LogP contribution >= 0.6 is 0 Å². The van der Waals surface area contributed by atoms with E-state index < -0.39 is 0 Å². The molecule has 30 heavy (non-hydrogen) atoms. The Balaban J connectivity index is 1.53. The minimum atomic E-state index is 0.238. The summed E-state index contributed by atoms with van der Waals surface area (Å²) in [6.07, 6.45) is 1.03.